The number of rotatable bonds is 5. The molecule has 0 saturated heterocycles. The van der Waals surface area contributed by atoms with Crippen LogP contribution in [-0.2, 0) is 6.54 Å². The third-order valence-corrected chi connectivity index (χ3v) is 4.04. The Kier molecular flexibility index (Phi) is 5.38. The maximum absolute atomic E-state index is 12.1. The molecule has 3 rings (SSSR count). The minimum absolute atomic E-state index is 0.274. The monoisotopic (exact) mass is 352 g/mol. The Hall–Kier alpha value is -3.19. The molecule has 0 spiro atoms. The number of thiazole rings is 1. The molecule has 0 aliphatic rings. The summed E-state index contributed by atoms with van der Waals surface area (Å²) in [6.45, 7) is 0.425. The van der Waals surface area contributed by atoms with Crippen LogP contribution in [-0.4, -0.2) is 16.9 Å². The van der Waals surface area contributed by atoms with E-state index in [0.717, 1.165) is 5.56 Å². The van der Waals surface area contributed by atoms with Gasteiger partial charge in [-0.25, -0.2) is 9.78 Å². The van der Waals surface area contributed by atoms with E-state index >= 15 is 0 Å². The van der Waals surface area contributed by atoms with Crippen molar-refractivity contribution in [3.63, 3.8) is 0 Å². The Morgan fingerprint density at radius 1 is 0.920 bits per heavy atom. The molecule has 3 N–H and O–H groups in total. The average molecular weight is 352 g/mol. The summed E-state index contributed by atoms with van der Waals surface area (Å²) in [5.74, 6) is -0.281. The number of aromatic nitrogens is 1. The van der Waals surface area contributed by atoms with E-state index in [4.69, 9.17) is 0 Å². The van der Waals surface area contributed by atoms with Crippen molar-refractivity contribution >= 4 is 34.1 Å². The molecule has 2 aromatic carbocycles. The van der Waals surface area contributed by atoms with Crippen LogP contribution in [0.1, 0.15) is 16.1 Å². The Balaban J connectivity index is 1.53. The predicted molar refractivity (Wildman–Crippen MR) is 98.8 cm³/mol. The van der Waals surface area contributed by atoms with Gasteiger partial charge in [0.1, 0.15) is 5.69 Å². The fourth-order valence-electron chi connectivity index (χ4n) is 2.09. The summed E-state index contributed by atoms with van der Waals surface area (Å²) in [5, 5.41) is 10.1. The maximum Gasteiger partial charge on any atom is 0.325 e. The molecule has 3 aromatic rings. The fraction of sp³-hybridized carbons (Fsp3) is 0.0556. The van der Waals surface area contributed by atoms with Crippen LogP contribution in [0.3, 0.4) is 0 Å². The number of urea groups is 1. The minimum atomic E-state index is -0.406. The van der Waals surface area contributed by atoms with Crippen LogP contribution >= 0.6 is 11.3 Å². The first kappa shape index (κ1) is 16.7. The number of para-hydroxylation sites is 1. The van der Waals surface area contributed by atoms with E-state index in [-0.39, 0.29) is 11.6 Å². The third kappa shape index (κ3) is 4.89. The van der Waals surface area contributed by atoms with Crippen molar-refractivity contribution in [3.8, 4) is 0 Å². The van der Waals surface area contributed by atoms with Crippen LogP contribution < -0.4 is 16.0 Å². The summed E-state index contributed by atoms with van der Waals surface area (Å²) in [4.78, 5) is 28.2. The predicted octanol–water partition coefficient (Wildman–Crippen LogP) is 3.72. The van der Waals surface area contributed by atoms with E-state index in [2.05, 4.69) is 20.9 Å². The Labute approximate surface area is 148 Å². The third-order valence-electron chi connectivity index (χ3n) is 3.28. The number of nitrogens with one attached hydrogen (secondary N) is 3. The first-order valence-corrected chi connectivity index (χ1v) is 8.49. The molecule has 1 heterocycles. The molecule has 0 bridgehead atoms. The van der Waals surface area contributed by atoms with Crippen LogP contribution in [0.5, 0.6) is 0 Å². The lowest BCUT2D eigenvalue weighted by atomic mass is 10.2. The van der Waals surface area contributed by atoms with Crippen molar-refractivity contribution in [3.05, 3.63) is 77.3 Å². The van der Waals surface area contributed by atoms with E-state index in [0.29, 0.717) is 17.4 Å². The van der Waals surface area contributed by atoms with Gasteiger partial charge in [0.15, 0.2) is 5.13 Å². The molecular weight excluding hydrogens is 336 g/mol. The van der Waals surface area contributed by atoms with E-state index in [1.54, 1.807) is 17.5 Å². The Morgan fingerprint density at radius 2 is 1.60 bits per heavy atom. The summed E-state index contributed by atoms with van der Waals surface area (Å²) in [6, 6.07) is 18.3. The highest BCUT2D eigenvalue weighted by molar-refractivity contribution is 7.14. The quantitative estimate of drug-likeness (QED) is 0.654. The zero-order chi connectivity index (χ0) is 17.5. The number of anilines is 2. The zero-order valence-electron chi connectivity index (χ0n) is 13.2. The van der Waals surface area contributed by atoms with Crippen molar-refractivity contribution in [1.82, 2.24) is 10.3 Å². The van der Waals surface area contributed by atoms with Crippen LogP contribution in [0, 0.1) is 0 Å². The molecule has 0 aliphatic carbocycles. The van der Waals surface area contributed by atoms with Crippen LogP contribution in [0.2, 0.25) is 0 Å². The molecular formula is C18H16N4O2S. The van der Waals surface area contributed by atoms with E-state index in [9.17, 15) is 9.59 Å². The first-order valence-electron chi connectivity index (χ1n) is 7.61. The zero-order valence-corrected chi connectivity index (χ0v) is 14.0. The average Bonchev–Trinajstić information content (AvgIpc) is 3.10. The molecule has 0 unspecified atom stereocenters. The van der Waals surface area contributed by atoms with Gasteiger partial charge < -0.3 is 10.6 Å². The van der Waals surface area contributed by atoms with Crippen LogP contribution in [0.15, 0.2) is 66.0 Å². The summed E-state index contributed by atoms with van der Waals surface area (Å²) in [5.41, 5.74) is 1.96. The van der Waals surface area contributed by atoms with E-state index in [1.165, 1.54) is 11.3 Å². The molecule has 0 atom stereocenters. The second-order valence-electron chi connectivity index (χ2n) is 5.15. The lowest BCUT2D eigenvalue weighted by Crippen LogP contribution is -2.23. The summed E-state index contributed by atoms with van der Waals surface area (Å²) >= 11 is 1.19. The molecule has 0 aliphatic heterocycles. The Bertz CT molecular complexity index is 850. The number of nitrogens with zero attached hydrogens (tertiary/aromatic N) is 1. The molecule has 126 valence electrons. The largest absolute Gasteiger partial charge is 0.347 e. The Morgan fingerprint density at radius 3 is 2.32 bits per heavy atom. The van der Waals surface area contributed by atoms with Crippen molar-refractivity contribution in [2.45, 2.75) is 6.54 Å². The smallest absolute Gasteiger partial charge is 0.325 e. The highest BCUT2D eigenvalue weighted by atomic mass is 32.1. The topological polar surface area (TPSA) is 83.1 Å². The molecule has 3 amide bonds. The van der Waals surface area contributed by atoms with Gasteiger partial charge in [0.2, 0.25) is 0 Å². The highest BCUT2D eigenvalue weighted by Crippen LogP contribution is 2.16. The van der Waals surface area contributed by atoms with Gasteiger partial charge in [-0.3, -0.25) is 10.1 Å². The van der Waals surface area contributed by atoms with Gasteiger partial charge in [0.25, 0.3) is 5.91 Å². The van der Waals surface area contributed by atoms with Crippen molar-refractivity contribution in [1.29, 1.82) is 0 Å². The number of amides is 3. The summed E-state index contributed by atoms with van der Waals surface area (Å²) in [7, 11) is 0. The maximum atomic E-state index is 12.1. The highest BCUT2D eigenvalue weighted by Gasteiger charge is 2.12. The molecule has 0 saturated carbocycles. The molecule has 6 nitrogen and oxygen atoms in total. The SMILES string of the molecule is O=C(Nc1ccccc1)Nc1nc(C(=O)NCc2ccccc2)cs1. The van der Waals surface area contributed by atoms with Gasteiger partial charge in [0.05, 0.1) is 0 Å². The minimum Gasteiger partial charge on any atom is -0.347 e. The van der Waals surface area contributed by atoms with Crippen molar-refractivity contribution in [2.75, 3.05) is 10.6 Å². The second-order valence-corrected chi connectivity index (χ2v) is 6.01. The lowest BCUT2D eigenvalue weighted by molar-refractivity contribution is 0.0946. The molecule has 0 radical (unpaired) electrons. The van der Waals surface area contributed by atoms with Gasteiger partial charge in [-0.2, -0.15) is 0 Å². The molecule has 25 heavy (non-hydrogen) atoms. The van der Waals surface area contributed by atoms with E-state index in [1.807, 2.05) is 48.5 Å². The standard InChI is InChI=1S/C18H16N4O2S/c23-16(19-11-13-7-3-1-4-8-13)15-12-25-18(21-15)22-17(24)20-14-9-5-2-6-10-14/h1-10,12H,11H2,(H,19,23)(H2,20,21,22,24). The van der Waals surface area contributed by atoms with Crippen molar-refractivity contribution in [2.24, 2.45) is 0 Å². The summed E-state index contributed by atoms with van der Waals surface area (Å²) < 4.78 is 0. The van der Waals surface area contributed by atoms with Crippen molar-refractivity contribution < 1.29 is 9.59 Å². The number of hydrogen-bond donors (Lipinski definition) is 3. The van der Waals surface area contributed by atoms with Gasteiger partial charge in [-0.05, 0) is 17.7 Å². The lowest BCUT2D eigenvalue weighted by Gasteiger charge is -2.05. The van der Waals surface area contributed by atoms with Gasteiger partial charge >= 0.3 is 6.03 Å². The first-order chi connectivity index (χ1) is 12.2. The summed E-state index contributed by atoms with van der Waals surface area (Å²) in [6.07, 6.45) is 0. The second kappa shape index (κ2) is 8.07. The number of carbonyl (C=O) groups is 2. The van der Waals surface area contributed by atoms with Crippen LogP contribution in [0.25, 0.3) is 0 Å². The number of benzene rings is 2. The fourth-order valence-corrected chi connectivity index (χ4v) is 2.77. The van der Waals surface area contributed by atoms with Crippen LogP contribution in [0.4, 0.5) is 15.6 Å². The van der Waals surface area contributed by atoms with Gasteiger partial charge in [0, 0.05) is 17.6 Å². The normalized spacial score (nSPS) is 10.1. The molecule has 7 heteroatoms. The number of carbonyl (C=O) groups excluding carboxylic acids is 2. The molecule has 0 fully saturated rings. The van der Waals surface area contributed by atoms with Gasteiger partial charge in [-0.1, -0.05) is 48.5 Å². The number of hydrogen-bond acceptors (Lipinski definition) is 4. The van der Waals surface area contributed by atoms with Gasteiger partial charge in [-0.15, -0.1) is 11.3 Å². The molecule has 1 aromatic heterocycles. The van der Waals surface area contributed by atoms with E-state index < -0.39 is 6.03 Å².